The Bertz CT molecular complexity index is 694. The van der Waals surface area contributed by atoms with Crippen LogP contribution in [0.2, 0.25) is 0 Å². The predicted octanol–water partition coefficient (Wildman–Crippen LogP) is 3.27. The van der Waals surface area contributed by atoms with Crippen LogP contribution in [0.25, 0.3) is 0 Å². The molecular weight excluding hydrogens is 358 g/mol. The molecule has 0 spiro atoms. The third-order valence-electron chi connectivity index (χ3n) is 4.59. The molecule has 1 aliphatic heterocycles. The van der Waals surface area contributed by atoms with Gasteiger partial charge in [0.1, 0.15) is 0 Å². The lowest BCUT2D eigenvalue weighted by atomic mass is 10.1. The lowest BCUT2D eigenvalue weighted by Gasteiger charge is -2.33. The highest BCUT2D eigenvalue weighted by molar-refractivity contribution is 7.14. The smallest absolute Gasteiger partial charge is 0.213 e. The summed E-state index contributed by atoms with van der Waals surface area (Å²) in [6.07, 6.45) is 5.07. The Labute approximate surface area is 165 Å². The molecule has 6 nitrogen and oxygen atoms in total. The number of anilines is 1. The van der Waals surface area contributed by atoms with Gasteiger partial charge in [0.25, 0.3) is 0 Å². The van der Waals surface area contributed by atoms with E-state index in [-0.39, 0.29) is 0 Å². The third kappa shape index (κ3) is 5.85. The molecule has 0 atom stereocenters. The van der Waals surface area contributed by atoms with Gasteiger partial charge in [-0.2, -0.15) is 0 Å². The minimum absolute atomic E-state index is 0.454. The van der Waals surface area contributed by atoms with E-state index in [0.29, 0.717) is 25.1 Å². The van der Waals surface area contributed by atoms with Crippen molar-refractivity contribution in [3.8, 4) is 5.88 Å². The standard InChI is InChI=1S/C20H29N5OS/c1-3-12-26-18-7-6-16(14-22-18)15-23-20(21-2)24-17-8-10-25(11-9-17)19-5-4-13-27-19/h4-7,13-14,17H,3,8-12,15H2,1-2H3,(H2,21,23,24). The van der Waals surface area contributed by atoms with Gasteiger partial charge in [0.15, 0.2) is 5.96 Å². The van der Waals surface area contributed by atoms with Gasteiger partial charge in [0.05, 0.1) is 11.6 Å². The Morgan fingerprint density at radius 2 is 2.19 bits per heavy atom. The fraction of sp³-hybridized carbons (Fsp3) is 0.500. The van der Waals surface area contributed by atoms with Crippen LogP contribution in [-0.2, 0) is 6.54 Å². The number of nitrogens with zero attached hydrogens (tertiary/aromatic N) is 3. The van der Waals surface area contributed by atoms with E-state index in [1.54, 1.807) is 0 Å². The molecule has 2 N–H and O–H groups in total. The minimum Gasteiger partial charge on any atom is -0.478 e. The summed E-state index contributed by atoms with van der Waals surface area (Å²) in [6, 6.07) is 8.73. The van der Waals surface area contributed by atoms with Gasteiger partial charge < -0.3 is 20.3 Å². The second kappa shape index (κ2) is 10.2. The number of piperidine rings is 1. The molecule has 0 radical (unpaired) electrons. The summed E-state index contributed by atoms with van der Waals surface area (Å²) in [5, 5.41) is 10.4. The van der Waals surface area contributed by atoms with Gasteiger partial charge in [0.2, 0.25) is 5.88 Å². The predicted molar refractivity (Wildman–Crippen MR) is 113 cm³/mol. The minimum atomic E-state index is 0.454. The van der Waals surface area contributed by atoms with E-state index < -0.39 is 0 Å². The highest BCUT2D eigenvalue weighted by atomic mass is 32.1. The second-order valence-electron chi connectivity index (χ2n) is 6.64. The summed E-state index contributed by atoms with van der Waals surface area (Å²) in [6.45, 7) is 5.64. The molecule has 2 aromatic rings. The quantitative estimate of drug-likeness (QED) is 0.564. The first-order chi connectivity index (χ1) is 13.3. The van der Waals surface area contributed by atoms with Crippen molar-refractivity contribution in [2.24, 2.45) is 4.99 Å². The molecular formula is C20H29N5OS. The first-order valence-electron chi connectivity index (χ1n) is 9.62. The Kier molecular flexibility index (Phi) is 7.33. The molecule has 0 unspecified atom stereocenters. The summed E-state index contributed by atoms with van der Waals surface area (Å²) in [5.74, 6) is 1.52. The van der Waals surface area contributed by atoms with Crippen LogP contribution in [0.4, 0.5) is 5.00 Å². The second-order valence-corrected chi connectivity index (χ2v) is 7.56. The number of guanidine groups is 1. The van der Waals surface area contributed by atoms with Crippen LogP contribution < -0.4 is 20.3 Å². The average molecular weight is 388 g/mol. The maximum absolute atomic E-state index is 5.52. The number of aromatic nitrogens is 1. The first-order valence-corrected chi connectivity index (χ1v) is 10.5. The Balaban J connectivity index is 1.42. The average Bonchev–Trinajstić information content (AvgIpc) is 3.25. The number of thiophene rings is 1. The highest BCUT2D eigenvalue weighted by Crippen LogP contribution is 2.24. The number of hydrogen-bond donors (Lipinski definition) is 2. The maximum atomic E-state index is 5.52. The zero-order valence-corrected chi connectivity index (χ0v) is 17.0. The normalized spacial score (nSPS) is 15.6. The van der Waals surface area contributed by atoms with E-state index in [9.17, 15) is 0 Å². The lowest BCUT2D eigenvalue weighted by Crippen LogP contribution is -2.48. The maximum Gasteiger partial charge on any atom is 0.213 e. The van der Waals surface area contributed by atoms with Crippen LogP contribution in [0.1, 0.15) is 31.7 Å². The molecule has 0 aliphatic carbocycles. The van der Waals surface area contributed by atoms with Crippen LogP contribution in [0, 0.1) is 0 Å². The third-order valence-corrected chi connectivity index (χ3v) is 5.52. The molecule has 1 saturated heterocycles. The zero-order chi connectivity index (χ0) is 18.9. The van der Waals surface area contributed by atoms with Crippen molar-refractivity contribution >= 4 is 22.3 Å². The van der Waals surface area contributed by atoms with Crippen LogP contribution in [0.3, 0.4) is 0 Å². The van der Waals surface area contributed by atoms with Crippen molar-refractivity contribution in [3.05, 3.63) is 41.4 Å². The molecule has 2 aromatic heterocycles. The van der Waals surface area contributed by atoms with E-state index >= 15 is 0 Å². The number of rotatable bonds is 7. The Morgan fingerprint density at radius 3 is 2.81 bits per heavy atom. The number of hydrogen-bond acceptors (Lipinski definition) is 5. The van der Waals surface area contributed by atoms with E-state index in [1.807, 2.05) is 36.7 Å². The van der Waals surface area contributed by atoms with Gasteiger partial charge in [-0.1, -0.05) is 13.0 Å². The van der Waals surface area contributed by atoms with E-state index in [0.717, 1.165) is 43.9 Å². The SMILES string of the molecule is CCCOc1ccc(CNC(=NC)NC2CCN(c3cccs3)CC2)cn1. The van der Waals surface area contributed by atoms with Crippen molar-refractivity contribution < 1.29 is 4.74 Å². The number of nitrogens with one attached hydrogen (secondary N) is 2. The highest BCUT2D eigenvalue weighted by Gasteiger charge is 2.20. The van der Waals surface area contributed by atoms with Crippen LogP contribution in [0.15, 0.2) is 40.8 Å². The zero-order valence-electron chi connectivity index (χ0n) is 16.1. The van der Waals surface area contributed by atoms with Gasteiger partial charge in [-0.25, -0.2) is 4.98 Å². The molecule has 3 rings (SSSR count). The molecule has 146 valence electrons. The molecule has 1 fully saturated rings. The molecule has 27 heavy (non-hydrogen) atoms. The summed E-state index contributed by atoms with van der Waals surface area (Å²) >= 11 is 1.81. The Morgan fingerprint density at radius 1 is 1.33 bits per heavy atom. The fourth-order valence-corrected chi connectivity index (χ4v) is 3.86. The summed E-state index contributed by atoms with van der Waals surface area (Å²) in [7, 11) is 1.82. The fourth-order valence-electron chi connectivity index (χ4n) is 3.08. The van der Waals surface area contributed by atoms with Gasteiger partial charge in [0, 0.05) is 45.0 Å². The molecule has 0 saturated carbocycles. The molecule has 1 aliphatic rings. The van der Waals surface area contributed by atoms with Crippen LogP contribution in [-0.4, -0.2) is 43.7 Å². The largest absolute Gasteiger partial charge is 0.478 e. The lowest BCUT2D eigenvalue weighted by molar-refractivity contribution is 0.305. The number of pyridine rings is 1. The van der Waals surface area contributed by atoms with Gasteiger partial charge in [-0.15, -0.1) is 11.3 Å². The number of ether oxygens (including phenoxy) is 1. The topological polar surface area (TPSA) is 61.8 Å². The van der Waals surface area contributed by atoms with Crippen LogP contribution in [0.5, 0.6) is 5.88 Å². The van der Waals surface area contributed by atoms with Crippen molar-refractivity contribution in [3.63, 3.8) is 0 Å². The molecule has 3 heterocycles. The summed E-state index contributed by atoms with van der Waals surface area (Å²) in [4.78, 5) is 11.2. The summed E-state index contributed by atoms with van der Waals surface area (Å²) < 4.78 is 5.52. The van der Waals surface area contributed by atoms with E-state index in [4.69, 9.17) is 4.74 Å². The number of aliphatic imine (C=N–C) groups is 1. The van der Waals surface area contributed by atoms with Crippen molar-refractivity contribution in [2.75, 3.05) is 31.6 Å². The van der Waals surface area contributed by atoms with E-state index in [1.165, 1.54) is 5.00 Å². The molecule has 0 amide bonds. The van der Waals surface area contributed by atoms with Crippen molar-refractivity contribution in [1.82, 2.24) is 15.6 Å². The molecule has 7 heteroatoms. The van der Waals surface area contributed by atoms with E-state index in [2.05, 4.69) is 49.9 Å². The monoisotopic (exact) mass is 387 g/mol. The van der Waals surface area contributed by atoms with Gasteiger partial charge in [-0.3, -0.25) is 4.99 Å². The first kappa shape index (κ1) is 19.5. The Hall–Kier alpha value is -2.28. The van der Waals surface area contributed by atoms with Gasteiger partial charge in [-0.05, 0) is 42.3 Å². The van der Waals surface area contributed by atoms with Crippen molar-refractivity contribution in [1.29, 1.82) is 0 Å². The van der Waals surface area contributed by atoms with Crippen LogP contribution >= 0.6 is 11.3 Å². The molecule has 0 aromatic carbocycles. The summed E-state index contributed by atoms with van der Waals surface area (Å²) in [5.41, 5.74) is 1.11. The van der Waals surface area contributed by atoms with Crippen molar-refractivity contribution in [2.45, 2.75) is 38.8 Å². The molecule has 0 bridgehead atoms. The van der Waals surface area contributed by atoms with Gasteiger partial charge >= 0.3 is 0 Å².